The van der Waals surface area contributed by atoms with Gasteiger partial charge in [-0.25, -0.2) is 9.59 Å². The standard InChI is InChI=1S/C16H18F3N3O4/c1-8(2)5-11(14(24)25)20-13(23)9-3-4-12-10(6-9)21-15(26)22(12)7-16(17,18)19/h3-4,6,8,11H,5,7H2,1-2H3,(H,20,23)(H,21,26)(H,24,25). The number of imidazole rings is 1. The van der Waals surface area contributed by atoms with Crippen molar-refractivity contribution < 1.29 is 27.9 Å². The minimum absolute atomic E-state index is 0.000778. The average molecular weight is 373 g/mol. The fourth-order valence-electron chi connectivity index (χ4n) is 2.58. The summed E-state index contributed by atoms with van der Waals surface area (Å²) in [5.74, 6) is -1.84. The number of aromatic nitrogens is 2. The van der Waals surface area contributed by atoms with Crippen LogP contribution in [0.2, 0.25) is 0 Å². The number of rotatable bonds is 6. The molecule has 0 saturated carbocycles. The number of nitrogens with zero attached hydrogens (tertiary/aromatic N) is 1. The van der Waals surface area contributed by atoms with E-state index in [1.54, 1.807) is 0 Å². The number of benzene rings is 1. The van der Waals surface area contributed by atoms with Gasteiger partial charge in [0.15, 0.2) is 0 Å². The molecular formula is C16H18F3N3O4. The smallest absolute Gasteiger partial charge is 0.406 e. The lowest BCUT2D eigenvalue weighted by molar-refractivity contribution is -0.141. The lowest BCUT2D eigenvalue weighted by atomic mass is 10.0. The summed E-state index contributed by atoms with van der Waals surface area (Å²) in [5.41, 5.74) is -0.852. The summed E-state index contributed by atoms with van der Waals surface area (Å²) in [7, 11) is 0. The molecule has 1 aromatic carbocycles. The number of H-pyrrole nitrogens is 1. The van der Waals surface area contributed by atoms with Crippen molar-refractivity contribution in [2.75, 3.05) is 0 Å². The van der Waals surface area contributed by atoms with Crippen LogP contribution in [-0.2, 0) is 11.3 Å². The van der Waals surface area contributed by atoms with Crippen LogP contribution in [0.3, 0.4) is 0 Å². The largest absolute Gasteiger partial charge is 0.480 e. The van der Waals surface area contributed by atoms with Crippen molar-refractivity contribution in [1.29, 1.82) is 0 Å². The highest BCUT2D eigenvalue weighted by molar-refractivity contribution is 5.99. The second kappa shape index (κ2) is 7.22. The van der Waals surface area contributed by atoms with Crippen molar-refractivity contribution in [1.82, 2.24) is 14.9 Å². The number of alkyl halides is 3. The van der Waals surface area contributed by atoms with Gasteiger partial charge in [0.2, 0.25) is 0 Å². The number of carboxylic acid groups (broad SMARTS) is 1. The van der Waals surface area contributed by atoms with Gasteiger partial charge in [0, 0.05) is 5.56 Å². The molecule has 0 aliphatic carbocycles. The average Bonchev–Trinajstić information content (AvgIpc) is 2.79. The Balaban J connectivity index is 2.30. The number of nitrogens with one attached hydrogen (secondary N) is 2. The van der Waals surface area contributed by atoms with Gasteiger partial charge in [-0.1, -0.05) is 13.8 Å². The second-order valence-corrected chi connectivity index (χ2v) is 6.36. The number of hydrogen-bond donors (Lipinski definition) is 3. The lowest BCUT2D eigenvalue weighted by Gasteiger charge is -2.16. The van der Waals surface area contributed by atoms with Crippen LogP contribution in [0.5, 0.6) is 0 Å². The van der Waals surface area contributed by atoms with Gasteiger partial charge >= 0.3 is 17.8 Å². The minimum Gasteiger partial charge on any atom is -0.480 e. The highest BCUT2D eigenvalue weighted by Gasteiger charge is 2.30. The molecule has 1 amide bonds. The number of aliphatic carboxylic acids is 1. The quantitative estimate of drug-likeness (QED) is 0.721. The fourth-order valence-corrected chi connectivity index (χ4v) is 2.58. The first-order valence-corrected chi connectivity index (χ1v) is 7.81. The van der Waals surface area contributed by atoms with Crippen LogP contribution >= 0.6 is 0 Å². The zero-order valence-electron chi connectivity index (χ0n) is 14.1. The molecule has 0 aliphatic heterocycles. The van der Waals surface area contributed by atoms with Gasteiger partial charge in [0.1, 0.15) is 12.6 Å². The number of halogens is 3. The highest BCUT2D eigenvalue weighted by Crippen LogP contribution is 2.20. The number of aromatic amines is 1. The molecule has 0 aliphatic rings. The van der Waals surface area contributed by atoms with E-state index in [1.165, 1.54) is 18.2 Å². The lowest BCUT2D eigenvalue weighted by Crippen LogP contribution is -2.41. The van der Waals surface area contributed by atoms with Crippen molar-refractivity contribution >= 4 is 22.9 Å². The Morgan fingerprint density at radius 2 is 1.96 bits per heavy atom. The maximum Gasteiger partial charge on any atom is 0.406 e. The fraction of sp³-hybridized carbons (Fsp3) is 0.438. The molecule has 1 atom stereocenters. The van der Waals surface area contributed by atoms with Gasteiger partial charge in [0.05, 0.1) is 11.0 Å². The third-order valence-corrected chi connectivity index (χ3v) is 3.68. The van der Waals surface area contributed by atoms with Gasteiger partial charge in [-0.05, 0) is 30.5 Å². The molecule has 142 valence electrons. The monoisotopic (exact) mass is 373 g/mol. The first kappa shape index (κ1) is 19.5. The van der Waals surface area contributed by atoms with Crippen molar-refractivity contribution in [3.63, 3.8) is 0 Å². The van der Waals surface area contributed by atoms with Gasteiger partial charge in [-0.3, -0.25) is 9.36 Å². The number of carboxylic acids is 1. The first-order valence-electron chi connectivity index (χ1n) is 7.81. The molecule has 0 bridgehead atoms. The molecule has 26 heavy (non-hydrogen) atoms. The number of fused-ring (bicyclic) bond motifs is 1. The zero-order chi connectivity index (χ0) is 19.6. The molecule has 0 radical (unpaired) electrons. The molecule has 0 saturated heterocycles. The Labute approximate surface area is 145 Å². The second-order valence-electron chi connectivity index (χ2n) is 6.36. The highest BCUT2D eigenvalue weighted by atomic mass is 19.4. The van der Waals surface area contributed by atoms with E-state index in [9.17, 15) is 27.6 Å². The predicted molar refractivity (Wildman–Crippen MR) is 87.0 cm³/mol. The summed E-state index contributed by atoms with van der Waals surface area (Å²) in [6.45, 7) is 2.16. The van der Waals surface area contributed by atoms with Crippen LogP contribution in [-0.4, -0.2) is 38.8 Å². The number of carbonyl (C=O) groups excluding carboxylic acids is 1. The molecule has 2 aromatic rings. The molecule has 1 unspecified atom stereocenters. The van der Waals surface area contributed by atoms with E-state index in [1.807, 2.05) is 13.8 Å². The molecule has 0 fully saturated rings. The van der Waals surface area contributed by atoms with E-state index >= 15 is 0 Å². The number of hydrogen-bond acceptors (Lipinski definition) is 3. The van der Waals surface area contributed by atoms with Crippen LogP contribution in [0.4, 0.5) is 13.2 Å². The summed E-state index contributed by atoms with van der Waals surface area (Å²) >= 11 is 0. The van der Waals surface area contributed by atoms with E-state index in [-0.39, 0.29) is 28.9 Å². The Kier molecular flexibility index (Phi) is 5.43. The summed E-state index contributed by atoms with van der Waals surface area (Å²) in [5, 5.41) is 11.5. The molecule has 2 rings (SSSR count). The molecular weight excluding hydrogens is 355 g/mol. The molecule has 1 heterocycles. The number of amides is 1. The van der Waals surface area contributed by atoms with Crippen LogP contribution in [0.25, 0.3) is 11.0 Å². The van der Waals surface area contributed by atoms with E-state index in [4.69, 9.17) is 5.11 Å². The molecule has 7 nitrogen and oxygen atoms in total. The molecule has 3 N–H and O–H groups in total. The molecule has 10 heteroatoms. The van der Waals surface area contributed by atoms with E-state index < -0.39 is 36.3 Å². The third kappa shape index (κ3) is 4.64. The maximum atomic E-state index is 12.6. The minimum atomic E-state index is -4.57. The molecule has 1 aromatic heterocycles. The Hall–Kier alpha value is -2.78. The topological polar surface area (TPSA) is 104 Å². The van der Waals surface area contributed by atoms with Gasteiger partial charge in [-0.15, -0.1) is 0 Å². The van der Waals surface area contributed by atoms with E-state index in [0.29, 0.717) is 4.57 Å². The zero-order valence-corrected chi connectivity index (χ0v) is 14.1. The van der Waals surface area contributed by atoms with Crippen LogP contribution < -0.4 is 11.0 Å². The predicted octanol–water partition coefficient (Wildman–Crippen LogP) is 2.12. The SMILES string of the molecule is CC(C)CC(NC(=O)c1ccc2c(c1)[nH]c(=O)n2CC(F)(F)F)C(=O)O. The third-order valence-electron chi connectivity index (χ3n) is 3.68. The molecule has 0 spiro atoms. The first-order chi connectivity index (χ1) is 12.0. The Bertz CT molecular complexity index is 883. The van der Waals surface area contributed by atoms with Crippen molar-refractivity contribution in [3.05, 3.63) is 34.2 Å². The van der Waals surface area contributed by atoms with Crippen LogP contribution in [0.15, 0.2) is 23.0 Å². The van der Waals surface area contributed by atoms with Crippen LogP contribution in [0, 0.1) is 5.92 Å². The van der Waals surface area contributed by atoms with E-state index in [0.717, 1.165) is 0 Å². The summed E-state index contributed by atoms with van der Waals surface area (Å²) in [6, 6.07) is 2.58. The van der Waals surface area contributed by atoms with E-state index in [2.05, 4.69) is 10.3 Å². The summed E-state index contributed by atoms with van der Waals surface area (Å²) in [4.78, 5) is 37.5. The normalized spacial score (nSPS) is 13.2. The van der Waals surface area contributed by atoms with Gasteiger partial charge in [0.25, 0.3) is 5.91 Å². The Morgan fingerprint density at radius 3 is 2.50 bits per heavy atom. The summed E-state index contributed by atoms with van der Waals surface area (Å²) in [6.07, 6.45) is -4.34. The number of carbonyl (C=O) groups is 2. The van der Waals surface area contributed by atoms with Gasteiger partial charge in [-0.2, -0.15) is 13.2 Å². The van der Waals surface area contributed by atoms with Crippen molar-refractivity contribution in [3.8, 4) is 0 Å². The summed E-state index contributed by atoms with van der Waals surface area (Å²) < 4.78 is 38.2. The van der Waals surface area contributed by atoms with Crippen molar-refractivity contribution in [2.24, 2.45) is 5.92 Å². The van der Waals surface area contributed by atoms with Crippen molar-refractivity contribution in [2.45, 2.75) is 39.0 Å². The van der Waals surface area contributed by atoms with Gasteiger partial charge < -0.3 is 15.4 Å². The Morgan fingerprint density at radius 1 is 1.31 bits per heavy atom. The van der Waals surface area contributed by atoms with Crippen LogP contribution in [0.1, 0.15) is 30.6 Å². The maximum absolute atomic E-state index is 12.6.